The summed E-state index contributed by atoms with van der Waals surface area (Å²) in [4.78, 5) is 11.9. The molecule has 0 bridgehead atoms. The molecule has 0 unspecified atom stereocenters. The van der Waals surface area contributed by atoms with Crippen molar-refractivity contribution in [3.8, 4) is 11.5 Å². The number of amides is 1. The summed E-state index contributed by atoms with van der Waals surface area (Å²) in [5.74, 6) is 0.0946. The molecule has 0 aromatic heterocycles. The minimum Gasteiger partial charge on any atom is -0.490 e. The highest BCUT2D eigenvalue weighted by Crippen LogP contribution is 2.28. The molecule has 0 fully saturated rings. The largest absolute Gasteiger partial charge is 0.490 e. The van der Waals surface area contributed by atoms with E-state index in [1.165, 1.54) is 24.4 Å². The van der Waals surface area contributed by atoms with Crippen molar-refractivity contribution in [2.24, 2.45) is 5.10 Å². The van der Waals surface area contributed by atoms with Gasteiger partial charge in [0, 0.05) is 0 Å². The van der Waals surface area contributed by atoms with Crippen molar-refractivity contribution in [2.45, 2.75) is 26.7 Å². The molecule has 0 saturated heterocycles. The van der Waals surface area contributed by atoms with E-state index in [9.17, 15) is 9.18 Å². The number of hydrogen-bond acceptors (Lipinski definition) is 4. The van der Waals surface area contributed by atoms with Crippen molar-refractivity contribution in [1.82, 2.24) is 5.43 Å². The molecular weight excluding hydrogens is 335 g/mol. The van der Waals surface area contributed by atoms with Crippen molar-refractivity contribution in [3.05, 3.63) is 59.4 Å². The predicted octanol–water partition coefficient (Wildman–Crippen LogP) is 4.17. The molecule has 6 heteroatoms. The van der Waals surface area contributed by atoms with E-state index in [1.54, 1.807) is 18.2 Å². The Labute approximate surface area is 152 Å². The Bertz CT molecular complexity index is 762. The van der Waals surface area contributed by atoms with E-state index in [1.807, 2.05) is 13.0 Å². The summed E-state index contributed by atoms with van der Waals surface area (Å²) >= 11 is 0. The number of unbranched alkanes of at least 4 members (excludes halogenated alkanes) is 1. The smallest absolute Gasteiger partial charge is 0.274 e. The van der Waals surface area contributed by atoms with Crippen LogP contribution >= 0.6 is 0 Å². The number of ether oxygens (including phenoxy) is 2. The molecule has 0 aliphatic heterocycles. The highest BCUT2D eigenvalue weighted by molar-refractivity contribution is 5.95. The fourth-order valence-corrected chi connectivity index (χ4v) is 2.19. The monoisotopic (exact) mass is 358 g/mol. The SMILES string of the molecule is CCCCOc1ccc(/C=N\NC(=O)c2ccccc2F)cc1OCC. The Morgan fingerprint density at radius 1 is 1.15 bits per heavy atom. The highest BCUT2D eigenvalue weighted by atomic mass is 19.1. The molecule has 2 aromatic rings. The number of nitrogens with one attached hydrogen (secondary N) is 1. The van der Waals surface area contributed by atoms with Crippen LogP contribution in [0.3, 0.4) is 0 Å². The lowest BCUT2D eigenvalue weighted by Crippen LogP contribution is -2.18. The van der Waals surface area contributed by atoms with Gasteiger partial charge in [-0.25, -0.2) is 9.82 Å². The summed E-state index contributed by atoms with van der Waals surface area (Å²) in [6, 6.07) is 11.1. The zero-order chi connectivity index (χ0) is 18.8. The van der Waals surface area contributed by atoms with Crippen LogP contribution in [-0.4, -0.2) is 25.3 Å². The van der Waals surface area contributed by atoms with E-state index in [2.05, 4.69) is 17.5 Å². The standard InChI is InChI=1S/C20H23FN2O3/c1-3-5-12-26-18-11-10-15(13-19(18)25-4-2)14-22-23-20(24)16-8-6-7-9-17(16)21/h6-11,13-14H,3-5,12H2,1-2H3,(H,23,24)/b22-14-. The molecular formula is C20H23FN2O3. The third-order valence-corrected chi connectivity index (χ3v) is 3.52. The van der Waals surface area contributed by atoms with Gasteiger partial charge in [-0.15, -0.1) is 0 Å². The predicted molar refractivity (Wildman–Crippen MR) is 99.5 cm³/mol. The molecule has 138 valence electrons. The number of nitrogens with zero attached hydrogens (tertiary/aromatic N) is 1. The number of hydrogen-bond donors (Lipinski definition) is 1. The van der Waals surface area contributed by atoms with E-state index in [0.29, 0.717) is 24.7 Å². The molecule has 0 atom stereocenters. The van der Waals surface area contributed by atoms with Crippen molar-refractivity contribution >= 4 is 12.1 Å². The van der Waals surface area contributed by atoms with Crippen molar-refractivity contribution in [3.63, 3.8) is 0 Å². The van der Waals surface area contributed by atoms with Crippen LogP contribution in [-0.2, 0) is 0 Å². The van der Waals surface area contributed by atoms with E-state index in [-0.39, 0.29) is 5.56 Å². The zero-order valence-electron chi connectivity index (χ0n) is 15.0. The molecule has 0 aliphatic rings. The second-order valence-corrected chi connectivity index (χ2v) is 5.52. The number of rotatable bonds is 9. The molecule has 26 heavy (non-hydrogen) atoms. The van der Waals surface area contributed by atoms with E-state index in [0.717, 1.165) is 18.4 Å². The summed E-state index contributed by atoms with van der Waals surface area (Å²) in [5, 5.41) is 3.88. The molecule has 5 nitrogen and oxygen atoms in total. The third kappa shape index (κ3) is 5.58. The van der Waals surface area contributed by atoms with E-state index in [4.69, 9.17) is 9.47 Å². The van der Waals surface area contributed by atoms with E-state index >= 15 is 0 Å². The van der Waals surface area contributed by atoms with Crippen molar-refractivity contribution in [1.29, 1.82) is 0 Å². The van der Waals surface area contributed by atoms with Gasteiger partial charge in [0.15, 0.2) is 11.5 Å². The Kier molecular flexibility index (Phi) is 7.61. The van der Waals surface area contributed by atoms with Crippen LogP contribution in [0.25, 0.3) is 0 Å². The molecule has 0 saturated carbocycles. The molecule has 1 N–H and O–H groups in total. The van der Waals surface area contributed by atoms with Crippen LogP contribution in [0.5, 0.6) is 11.5 Å². The second-order valence-electron chi connectivity index (χ2n) is 5.52. The van der Waals surface area contributed by atoms with Crippen molar-refractivity contribution in [2.75, 3.05) is 13.2 Å². The van der Waals surface area contributed by atoms with Gasteiger partial charge in [0.25, 0.3) is 5.91 Å². The maximum atomic E-state index is 13.6. The van der Waals surface area contributed by atoms with Gasteiger partial charge in [-0.05, 0) is 49.2 Å². The highest BCUT2D eigenvalue weighted by Gasteiger charge is 2.09. The average Bonchev–Trinajstić information content (AvgIpc) is 2.64. The van der Waals surface area contributed by atoms with Crippen LogP contribution in [0.15, 0.2) is 47.6 Å². The summed E-state index contributed by atoms with van der Waals surface area (Å²) in [7, 11) is 0. The lowest BCUT2D eigenvalue weighted by atomic mass is 10.2. The van der Waals surface area contributed by atoms with Crippen LogP contribution < -0.4 is 14.9 Å². The van der Waals surface area contributed by atoms with Crippen molar-refractivity contribution < 1.29 is 18.7 Å². The first-order valence-corrected chi connectivity index (χ1v) is 8.63. The summed E-state index contributed by atoms with van der Waals surface area (Å²) in [6.07, 6.45) is 3.49. The Morgan fingerprint density at radius 2 is 1.96 bits per heavy atom. The van der Waals surface area contributed by atoms with Gasteiger partial charge >= 0.3 is 0 Å². The van der Waals surface area contributed by atoms with Crippen LogP contribution in [0.1, 0.15) is 42.6 Å². The fourth-order valence-electron chi connectivity index (χ4n) is 2.19. The Balaban J connectivity index is 2.04. The zero-order valence-corrected chi connectivity index (χ0v) is 15.0. The van der Waals surface area contributed by atoms with Crippen LogP contribution in [0.2, 0.25) is 0 Å². The van der Waals surface area contributed by atoms with Gasteiger partial charge in [-0.1, -0.05) is 25.5 Å². The van der Waals surface area contributed by atoms with Gasteiger partial charge in [0.2, 0.25) is 0 Å². The molecule has 0 aliphatic carbocycles. The second kappa shape index (κ2) is 10.2. The molecule has 1 amide bonds. The topological polar surface area (TPSA) is 59.9 Å². The number of hydrazone groups is 1. The molecule has 0 spiro atoms. The van der Waals surface area contributed by atoms with Crippen LogP contribution in [0, 0.1) is 5.82 Å². The number of carbonyl (C=O) groups excluding carboxylic acids is 1. The maximum absolute atomic E-state index is 13.6. The molecule has 2 rings (SSSR count). The van der Waals surface area contributed by atoms with E-state index < -0.39 is 11.7 Å². The number of halogens is 1. The normalized spacial score (nSPS) is 10.7. The quantitative estimate of drug-likeness (QED) is 0.416. The molecule has 0 heterocycles. The summed E-state index contributed by atoms with van der Waals surface area (Å²) < 4.78 is 24.9. The number of carbonyl (C=O) groups is 1. The molecule has 2 aromatic carbocycles. The summed E-state index contributed by atoms with van der Waals surface area (Å²) in [6.45, 7) is 5.13. The molecule has 0 radical (unpaired) electrons. The van der Waals surface area contributed by atoms with Crippen LogP contribution in [0.4, 0.5) is 4.39 Å². The van der Waals surface area contributed by atoms with Gasteiger partial charge in [-0.3, -0.25) is 4.79 Å². The first-order valence-electron chi connectivity index (χ1n) is 8.63. The fraction of sp³-hybridized carbons (Fsp3) is 0.300. The maximum Gasteiger partial charge on any atom is 0.274 e. The van der Waals surface area contributed by atoms with Gasteiger partial charge < -0.3 is 9.47 Å². The number of benzene rings is 2. The van der Waals surface area contributed by atoms with Gasteiger partial charge in [0.05, 0.1) is 25.0 Å². The third-order valence-electron chi connectivity index (χ3n) is 3.52. The average molecular weight is 358 g/mol. The lowest BCUT2D eigenvalue weighted by molar-refractivity contribution is 0.0951. The van der Waals surface area contributed by atoms with Gasteiger partial charge in [0.1, 0.15) is 5.82 Å². The Hall–Kier alpha value is -2.89. The Morgan fingerprint density at radius 3 is 2.69 bits per heavy atom. The lowest BCUT2D eigenvalue weighted by Gasteiger charge is -2.12. The first-order chi connectivity index (χ1) is 12.7. The minimum atomic E-state index is -0.607. The first kappa shape index (κ1) is 19.4. The van der Waals surface area contributed by atoms with Gasteiger partial charge in [-0.2, -0.15) is 5.10 Å². The minimum absolute atomic E-state index is 0.0562. The summed E-state index contributed by atoms with van der Waals surface area (Å²) in [5.41, 5.74) is 2.99.